The van der Waals surface area contributed by atoms with Crippen molar-refractivity contribution in [1.29, 1.82) is 0 Å². The molecule has 1 saturated carbocycles. The Labute approximate surface area is 132 Å². The summed E-state index contributed by atoms with van der Waals surface area (Å²) < 4.78 is 34.3. The molecule has 0 radical (unpaired) electrons. The Balaban J connectivity index is 1.74. The first kappa shape index (κ1) is 14.2. The number of aromatic nitrogens is 4. The predicted octanol–water partition coefficient (Wildman–Crippen LogP) is 1.94. The first-order chi connectivity index (χ1) is 10.9. The Morgan fingerprint density at radius 2 is 2.13 bits per heavy atom. The maximum atomic E-state index is 12.6. The summed E-state index contributed by atoms with van der Waals surface area (Å²) in [5.41, 5.74) is 1.89. The van der Waals surface area contributed by atoms with Crippen LogP contribution in [-0.4, -0.2) is 28.3 Å². The molecule has 120 valence electrons. The van der Waals surface area contributed by atoms with Crippen LogP contribution in [-0.2, 0) is 17.1 Å². The molecule has 9 heteroatoms. The molecule has 0 unspecified atom stereocenters. The summed E-state index contributed by atoms with van der Waals surface area (Å²) in [6.07, 6.45) is 3.37. The van der Waals surface area contributed by atoms with Gasteiger partial charge in [-0.3, -0.25) is 9.40 Å². The molecule has 3 aromatic heterocycles. The molecule has 3 heterocycles. The Morgan fingerprint density at radius 3 is 2.78 bits per heavy atom. The molecule has 23 heavy (non-hydrogen) atoms. The van der Waals surface area contributed by atoms with Crippen LogP contribution in [0.5, 0.6) is 0 Å². The van der Waals surface area contributed by atoms with E-state index in [1.807, 2.05) is 0 Å². The van der Waals surface area contributed by atoms with Crippen LogP contribution in [0.3, 0.4) is 0 Å². The number of sulfonamides is 1. The SMILES string of the molecule is Cc1cc(NS(=O)(=O)c2cnc3onc(C4CC4)c3c2)n(C)n1. The molecule has 8 nitrogen and oxygen atoms in total. The van der Waals surface area contributed by atoms with Crippen molar-refractivity contribution in [3.05, 3.63) is 29.7 Å². The van der Waals surface area contributed by atoms with Gasteiger partial charge in [0.25, 0.3) is 15.7 Å². The number of nitrogens with zero attached hydrogens (tertiary/aromatic N) is 4. The van der Waals surface area contributed by atoms with Crippen LogP contribution in [0.4, 0.5) is 5.82 Å². The molecule has 4 rings (SSSR count). The Hall–Kier alpha value is -2.42. The summed E-state index contributed by atoms with van der Waals surface area (Å²) in [5, 5.41) is 8.80. The molecule has 0 aliphatic heterocycles. The minimum absolute atomic E-state index is 0.0777. The Kier molecular flexibility index (Phi) is 2.95. The number of pyridine rings is 1. The van der Waals surface area contributed by atoms with E-state index in [0.717, 1.165) is 24.2 Å². The number of nitrogens with one attached hydrogen (secondary N) is 1. The van der Waals surface area contributed by atoms with Crippen LogP contribution in [0.15, 0.2) is 27.7 Å². The van der Waals surface area contributed by atoms with Crippen molar-refractivity contribution in [3.8, 4) is 0 Å². The average molecular weight is 333 g/mol. The van der Waals surface area contributed by atoms with Gasteiger partial charge in [0.2, 0.25) is 0 Å². The molecule has 1 N–H and O–H groups in total. The molecule has 1 aliphatic carbocycles. The van der Waals surface area contributed by atoms with Gasteiger partial charge in [-0.15, -0.1) is 0 Å². The van der Waals surface area contributed by atoms with Gasteiger partial charge < -0.3 is 4.52 Å². The van der Waals surface area contributed by atoms with Gasteiger partial charge in [0.1, 0.15) is 10.7 Å². The number of hydrogen-bond acceptors (Lipinski definition) is 6. The zero-order chi connectivity index (χ0) is 16.2. The van der Waals surface area contributed by atoms with Gasteiger partial charge in [-0.05, 0) is 25.8 Å². The van der Waals surface area contributed by atoms with Crippen LogP contribution in [0.2, 0.25) is 0 Å². The summed E-state index contributed by atoms with van der Waals surface area (Å²) in [7, 11) is -2.08. The van der Waals surface area contributed by atoms with Gasteiger partial charge in [-0.1, -0.05) is 5.16 Å². The van der Waals surface area contributed by atoms with Gasteiger partial charge >= 0.3 is 0 Å². The summed E-state index contributed by atoms with van der Waals surface area (Å²) in [4.78, 5) is 4.15. The average Bonchev–Trinajstić information content (AvgIpc) is 3.17. The van der Waals surface area contributed by atoms with E-state index in [-0.39, 0.29) is 4.90 Å². The van der Waals surface area contributed by atoms with E-state index in [9.17, 15) is 8.42 Å². The van der Waals surface area contributed by atoms with Crippen molar-refractivity contribution in [2.75, 3.05) is 4.72 Å². The monoisotopic (exact) mass is 333 g/mol. The van der Waals surface area contributed by atoms with Crippen LogP contribution in [0, 0.1) is 6.92 Å². The van der Waals surface area contributed by atoms with E-state index >= 15 is 0 Å². The molecular weight excluding hydrogens is 318 g/mol. The second-order valence-corrected chi connectivity index (χ2v) is 7.45. The third-order valence-corrected chi connectivity index (χ3v) is 5.17. The summed E-state index contributed by atoms with van der Waals surface area (Å²) in [5.74, 6) is 0.749. The van der Waals surface area contributed by atoms with Gasteiger partial charge in [0, 0.05) is 19.0 Å². The fourth-order valence-corrected chi connectivity index (χ4v) is 3.58. The molecule has 0 spiro atoms. The minimum Gasteiger partial charge on any atom is -0.336 e. The fraction of sp³-hybridized carbons (Fsp3) is 0.357. The highest BCUT2D eigenvalue weighted by molar-refractivity contribution is 7.92. The highest BCUT2D eigenvalue weighted by atomic mass is 32.2. The fourth-order valence-electron chi connectivity index (χ4n) is 2.53. The number of aryl methyl sites for hydroxylation is 2. The molecule has 0 amide bonds. The third kappa shape index (κ3) is 2.46. The zero-order valence-corrected chi connectivity index (χ0v) is 13.5. The first-order valence-electron chi connectivity index (χ1n) is 7.23. The predicted molar refractivity (Wildman–Crippen MR) is 82.5 cm³/mol. The van der Waals surface area contributed by atoms with E-state index in [1.165, 1.54) is 10.9 Å². The van der Waals surface area contributed by atoms with Crippen molar-refractivity contribution < 1.29 is 12.9 Å². The van der Waals surface area contributed by atoms with E-state index < -0.39 is 10.0 Å². The minimum atomic E-state index is -3.76. The van der Waals surface area contributed by atoms with E-state index in [1.54, 1.807) is 26.1 Å². The van der Waals surface area contributed by atoms with Crippen molar-refractivity contribution in [3.63, 3.8) is 0 Å². The number of rotatable bonds is 4. The lowest BCUT2D eigenvalue weighted by Crippen LogP contribution is -2.15. The summed E-state index contributed by atoms with van der Waals surface area (Å²) in [6, 6.07) is 3.23. The molecule has 1 fully saturated rings. The quantitative estimate of drug-likeness (QED) is 0.782. The van der Waals surface area contributed by atoms with Crippen molar-refractivity contribution in [1.82, 2.24) is 19.9 Å². The van der Waals surface area contributed by atoms with Gasteiger partial charge in [-0.25, -0.2) is 13.4 Å². The lowest BCUT2D eigenvalue weighted by Gasteiger charge is -2.07. The summed E-state index contributed by atoms with van der Waals surface area (Å²) >= 11 is 0. The maximum absolute atomic E-state index is 12.6. The zero-order valence-electron chi connectivity index (χ0n) is 12.6. The van der Waals surface area contributed by atoms with Crippen molar-refractivity contribution in [2.45, 2.75) is 30.6 Å². The van der Waals surface area contributed by atoms with Crippen molar-refractivity contribution in [2.24, 2.45) is 7.05 Å². The van der Waals surface area contributed by atoms with Gasteiger partial charge in [0.15, 0.2) is 0 Å². The second-order valence-electron chi connectivity index (χ2n) is 5.77. The molecule has 1 aliphatic rings. The Morgan fingerprint density at radius 1 is 1.35 bits per heavy atom. The number of fused-ring (bicyclic) bond motifs is 1. The molecular formula is C14H15N5O3S. The largest absolute Gasteiger partial charge is 0.336 e. The lowest BCUT2D eigenvalue weighted by molar-refractivity contribution is 0.439. The van der Waals surface area contributed by atoms with Crippen LogP contribution >= 0.6 is 0 Å². The highest BCUT2D eigenvalue weighted by Gasteiger charge is 2.30. The molecule has 0 bridgehead atoms. The van der Waals surface area contributed by atoms with Crippen LogP contribution < -0.4 is 4.72 Å². The van der Waals surface area contributed by atoms with E-state index in [2.05, 4.69) is 20.0 Å². The molecule has 0 saturated heterocycles. The standard InChI is InChI=1S/C14H15N5O3S/c1-8-5-12(19(2)16-8)18-23(20,21)10-6-11-13(9-3-4-9)17-22-14(11)15-7-10/h5-7,9,18H,3-4H2,1-2H3. The van der Waals surface area contributed by atoms with Crippen LogP contribution in [0.1, 0.15) is 30.1 Å². The molecule has 3 aromatic rings. The summed E-state index contributed by atoms with van der Waals surface area (Å²) in [6.45, 7) is 1.80. The molecule has 0 atom stereocenters. The normalized spacial score (nSPS) is 15.2. The maximum Gasteiger partial charge on any atom is 0.264 e. The van der Waals surface area contributed by atoms with Crippen molar-refractivity contribution >= 4 is 26.9 Å². The topological polar surface area (TPSA) is 103 Å². The third-order valence-electron chi connectivity index (χ3n) is 3.85. The first-order valence-corrected chi connectivity index (χ1v) is 8.71. The molecule has 0 aromatic carbocycles. The van der Waals surface area contributed by atoms with Gasteiger partial charge in [-0.2, -0.15) is 5.10 Å². The van der Waals surface area contributed by atoms with E-state index in [4.69, 9.17) is 4.52 Å². The number of hydrogen-bond donors (Lipinski definition) is 1. The van der Waals surface area contributed by atoms with E-state index in [0.29, 0.717) is 22.8 Å². The lowest BCUT2D eigenvalue weighted by atomic mass is 10.2. The van der Waals surface area contributed by atoms with Crippen LogP contribution in [0.25, 0.3) is 11.1 Å². The highest BCUT2D eigenvalue weighted by Crippen LogP contribution is 2.42. The number of anilines is 1. The smallest absolute Gasteiger partial charge is 0.264 e. The Bertz CT molecular complexity index is 1000. The second kappa shape index (κ2) is 4.79. The van der Waals surface area contributed by atoms with Gasteiger partial charge in [0.05, 0.1) is 23.0 Å².